The second-order valence-corrected chi connectivity index (χ2v) is 5.00. The summed E-state index contributed by atoms with van der Waals surface area (Å²) in [7, 11) is 0. The van der Waals surface area contributed by atoms with Crippen LogP contribution >= 0.6 is 11.3 Å². The first-order valence-corrected chi connectivity index (χ1v) is 6.49. The molecule has 0 aromatic carbocycles. The van der Waals surface area contributed by atoms with Gasteiger partial charge < -0.3 is 10.2 Å². The zero-order valence-electron chi connectivity index (χ0n) is 8.98. The van der Waals surface area contributed by atoms with Crippen LogP contribution in [-0.4, -0.2) is 13.1 Å². The van der Waals surface area contributed by atoms with Gasteiger partial charge in [-0.1, -0.05) is 5.59 Å². The molecule has 3 heterocycles. The second kappa shape index (κ2) is 4.45. The van der Waals surface area contributed by atoms with E-state index in [1.54, 1.807) is 11.3 Å². The van der Waals surface area contributed by atoms with Crippen molar-refractivity contribution in [2.45, 2.75) is 12.8 Å². The lowest BCUT2D eigenvalue weighted by atomic mass is 9.96. The molecule has 0 aliphatic carbocycles. The molecule has 0 amide bonds. The smallest absolute Gasteiger partial charge is 0.147 e. The number of rotatable bonds is 2. The number of hydrogen-bond donors (Lipinski definition) is 2. The molecule has 1 aromatic rings. The van der Waals surface area contributed by atoms with Gasteiger partial charge in [-0.3, -0.25) is 0 Å². The molecule has 0 bridgehead atoms. The maximum absolute atomic E-state index is 5.54. The number of hydrogen-bond acceptors (Lipinski definition) is 5. The Morgan fingerprint density at radius 1 is 1.38 bits per heavy atom. The van der Waals surface area contributed by atoms with Crippen LogP contribution in [0, 0.1) is 5.92 Å². The highest BCUT2D eigenvalue weighted by Crippen LogP contribution is 2.29. The van der Waals surface area contributed by atoms with Gasteiger partial charge in [-0.25, -0.2) is 5.01 Å². The van der Waals surface area contributed by atoms with E-state index in [9.17, 15) is 0 Å². The third-order valence-corrected chi connectivity index (χ3v) is 3.87. The number of nitrogens with one attached hydrogen (secondary N) is 2. The SMILES string of the molecule is C1=C(C2CCNCC2)ONN1c1cccs1. The van der Waals surface area contributed by atoms with Crippen molar-refractivity contribution in [2.75, 3.05) is 18.1 Å². The van der Waals surface area contributed by atoms with Gasteiger partial charge >= 0.3 is 0 Å². The summed E-state index contributed by atoms with van der Waals surface area (Å²) in [6.45, 7) is 2.18. The third-order valence-electron chi connectivity index (χ3n) is 3.00. The van der Waals surface area contributed by atoms with Crippen LogP contribution in [-0.2, 0) is 4.84 Å². The van der Waals surface area contributed by atoms with Crippen LogP contribution in [0.4, 0.5) is 5.00 Å². The molecule has 0 spiro atoms. The highest BCUT2D eigenvalue weighted by Gasteiger charge is 2.25. The van der Waals surface area contributed by atoms with Gasteiger partial charge in [0.05, 0.1) is 6.20 Å². The van der Waals surface area contributed by atoms with E-state index < -0.39 is 0 Å². The minimum Gasteiger partial charge on any atom is -0.391 e. The average Bonchev–Trinajstić information content (AvgIpc) is 3.01. The normalized spacial score (nSPS) is 22.0. The molecule has 1 saturated heterocycles. The van der Waals surface area contributed by atoms with E-state index >= 15 is 0 Å². The average molecular weight is 237 g/mol. The topological polar surface area (TPSA) is 36.5 Å². The molecule has 1 aromatic heterocycles. The lowest BCUT2D eigenvalue weighted by molar-refractivity contribution is 0.100. The van der Waals surface area contributed by atoms with Crippen molar-refractivity contribution in [2.24, 2.45) is 5.92 Å². The zero-order chi connectivity index (χ0) is 10.8. The van der Waals surface area contributed by atoms with E-state index in [1.807, 2.05) is 11.1 Å². The molecule has 16 heavy (non-hydrogen) atoms. The van der Waals surface area contributed by atoms with E-state index in [2.05, 4.69) is 28.6 Å². The zero-order valence-corrected chi connectivity index (χ0v) is 9.80. The third kappa shape index (κ3) is 1.93. The van der Waals surface area contributed by atoms with Crippen LogP contribution in [0.3, 0.4) is 0 Å². The molecular weight excluding hydrogens is 222 g/mol. The Bertz CT molecular complexity index is 371. The van der Waals surface area contributed by atoms with Crippen molar-refractivity contribution in [1.29, 1.82) is 0 Å². The van der Waals surface area contributed by atoms with Gasteiger partial charge in [0.1, 0.15) is 10.8 Å². The molecule has 1 fully saturated rings. The van der Waals surface area contributed by atoms with Crippen molar-refractivity contribution >= 4 is 16.3 Å². The van der Waals surface area contributed by atoms with Crippen LogP contribution in [0.2, 0.25) is 0 Å². The Hall–Kier alpha value is -1.04. The molecule has 86 valence electrons. The summed E-state index contributed by atoms with van der Waals surface area (Å²) in [5, 5.41) is 8.53. The van der Waals surface area contributed by atoms with Crippen LogP contribution in [0.5, 0.6) is 0 Å². The fraction of sp³-hybridized carbons (Fsp3) is 0.455. The predicted octanol–water partition coefficient (Wildman–Crippen LogP) is 1.85. The first kappa shape index (κ1) is 10.1. The van der Waals surface area contributed by atoms with Gasteiger partial charge in [0.2, 0.25) is 0 Å². The van der Waals surface area contributed by atoms with Gasteiger partial charge in [0.25, 0.3) is 0 Å². The number of allylic oxidation sites excluding steroid dienone is 1. The fourth-order valence-electron chi connectivity index (χ4n) is 2.09. The number of hydrazine groups is 1. The largest absolute Gasteiger partial charge is 0.391 e. The van der Waals surface area contributed by atoms with Crippen LogP contribution in [0.25, 0.3) is 0 Å². The van der Waals surface area contributed by atoms with Gasteiger partial charge in [0, 0.05) is 5.92 Å². The van der Waals surface area contributed by atoms with Crippen molar-refractivity contribution in [3.63, 3.8) is 0 Å². The quantitative estimate of drug-likeness (QED) is 0.823. The summed E-state index contributed by atoms with van der Waals surface area (Å²) in [6, 6.07) is 4.11. The maximum atomic E-state index is 5.54. The predicted molar refractivity (Wildman–Crippen MR) is 64.7 cm³/mol. The summed E-state index contributed by atoms with van der Waals surface area (Å²) in [5.74, 6) is 1.62. The summed E-state index contributed by atoms with van der Waals surface area (Å²) < 4.78 is 0. The van der Waals surface area contributed by atoms with E-state index in [4.69, 9.17) is 4.84 Å². The summed E-state index contributed by atoms with van der Waals surface area (Å²) in [6.07, 6.45) is 4.39. The van der Waals surface area contributed by atoms with Crippen molar-refractivity contribution in [3.05, 3.63) is 29.5 Å². The molecular formula is C11H15N3OS. The summed E-state index contributed by atoms with van der Waals surface area (Å²) in [5.41, 5.74) is 2.94. The Morgan fingerprint density at radius 3 is 3.00 bits per heavy atom. The molecule has 0 atom stereocenters. The number of anilines is 1. The molecule has 3 rings (SSSR count). The van der Waals surface area contributed by atoms with Gasteiger partial charge in [-0.05, 0) is 43.4 Å². The van der Waals surface area contributed by atoms with E-state index in [-0.39, 0.29) is 0 Å². The van der Waals surface area contributed by atoms with Crippen LogP contribution in [0.15, 0.2) is 29.5 Å². The highest BCUT2D eigenvalue weighted by molar-refractivity contribution is 7.14. The minimum absolute atomic E-state index is 0.554. The Kier molecular flexibility index (Phi) is 2.82. The number of piperidine rings is 1. The Balaban J connectivity index is 1.71. The second-order valence-electron chi connectivity index (χ2n) is 4.07. The van der Waals surface area contributed by atoms with Crippen molar-refractivity contribution < 1.29 is 4.84 Å². The minimum atomic E-state index is 0.554. The highest BCUT2D eigenvalue weighted by atomic mass is 32.1. The molecule has 0 unspecified atom stereocenters. The van der Waals surface area contributed by atoms with Gasteiger partial charge in [-0.15, -0.1) is 11.3 Å². The number of nitrogens with zero attached hydrogens (tertiary/aromatic N) is 1. The van der Waals surface area contributed by atoms with E-state index in [0.717, 1.165) is 36.7 Å². The number of thiophene rings is 1. The standard InChI is InChI=1S/C11H15N3OS/c1-2-11(16-7-1)14-8-10(15-13-14)9-3-5-12-6-4-9/h1-2,7-9,12-13H,3-6H2. The fourth-order valence-corrected chi connectivity index (χ4v) is 2.75. The van der Waals surface area contributed by atoms with Gasteiger partial charge in [0.15, 0.2) is 0 Å². The molecule has 2 aliphatic rings. The van der Waals surface area contributed by atoms with Crippen molar-refractivity contribution in [1.82, 2.24) is 10.9 Å². The van der Waals surface area contributed by atoms with E-state index in [0.29, 0.717) is 5.92 Å². The molecule has 5 heteroatoms. The van der Waals surface area contributed by atoms with Crippen LogP contribution in [0.1, 0.15) is 12.8 Å². The molecule has 0 saturated carbocycles. The molecule has 2 aliphatic heterocycles. The maximum Gasteiger partial charge on any atom is 0.147 e. The molecule has 4 nitrogen and oxygen atoms in total. The first-order valence-electron chi connectivity index (χ1n) is 5.61. The lowest BCUT2D eigenvalue weighted by Gasteiger charge is -2.21. The van der Waals surface area contributed by atoms with Gasteiger partial charge in [-0.2, -0.15) is 0 Å². The summed E-state index contributed by atoms with van der Waals surface area (Å²) in [4.78, 5) is 5.54. The lowest BCUT2D eigenvalue weighted by Crippen LogP contribution is -2.29. The Morgan fingerprint density at radius 2 is 2.25 bits per heavy atom. The Labute approximate surface area is 98.8 Å². The first-order chi connectivity index (χ1) is 7.93. The molecule has 0 radical (unpaired) electrons. The summed E-state index contributed by atoms with van der Waals surface area (Å²) >= 11 is 1.70. The van der Waals surface area contributed by atoms with Crippen molar-refractivity contribution in [3.8, 4) is 0 Å². The van der Waals surface area contributed by atoms with E-state index in [1.165, 1.54) is 0 Å². The van der Waals surface area contributed by atoms with Crippen LogP contribution < -0.4 is 15.9 Å². The molecule has 2 N–H and O–H groups in total. The monoisotopic (exact) mass is 237 g/mol.